The highest BCUT2D eigenvalue weighted by molar-refractivity contribution is 6.42. The number of para-hydroxylation sites is 1. The molecular formula is C24H25Cl2N5O4. The Morgan fingerprint density at radius 1 is 1.06 bits per heavy atom. The van der Waals surface area contributed by atoms with Crippen LogP contribution in [0, 0.1) is 10.1 Å². The van der Waals surface area contributed by atoms with E-state index in [1.807, 2.05) is 36.0 Å². The van der Waals surface area contributed by atoms with E-state index in [1.165, 1.54) is 10.6 Å². The number of fused-ring (bicyclic) bond motifs is 1. The van der Waals surface area contributed by atoms with Gasteiger partial charge >= 0.3 is 11.2 Å². The number of anilines is 1. The molecule has 0 atom stereocenters. The maximum Gasteiger partial charge on any atom is 0.357 e. The van der Waals surface area contributed by atoms with E-state index in [-0.39, 0.29) is 5.91 Å². The Kier molecular flexibility index (Phi) is 7.30. The van der Waals surface area contributed by atoms with Gasteiger partial charge in [-0.2, -0.15) is 0 Å². The van der Waals surface area contributed by atoms with Crippen LogP contribution in [0.15, 0.2) is 47.3 Å². The molecule has 35 heavy (non-hydrogen) atoms. The summed E-state index contributed by atoms with van der Waals surface area (Å²) >= 11 is 12.0. The van der Waals surface area contributed by atoms with Crippen LogP contribution in [0.1, 0.15) is 10.4 Å². The summed E-state index contributed by atoms with van der Waals surface area (Å²) in [6, 6.07) is 12.0. The minimum atomic E-state index is -0.625. The number of benzene rings is 2. The molecular weight excluding hydrogens is 493 g/mol. The first-order chi connectivity index (χ1) is 16.7. The third-order valence-corrected chi connectivity index (χ3v) is 6.86. The van der Waals surface area contributed by atoms with E-state index in [4.69, 9.17) is 23.2 Å². The maximum absolute atomic E-state index is 13.3. The van der Waals surface area contributed by atoms with Crippen molar-refractivity contribution in [3.63, 3.8) is 0 Å². The number of likely N-dealkylation sites (N-methyl/N-ethyl adjacent to an activating group) is 1. The van der Waals surface area contributed by atoms with Gasteiger partial charge in [0.1, 0.15) is 5.69 Å². The third kappa shape index (κ3) is 4.98. The molecule has 2 heterocycles. The Bertz CT molecular complexity index is 1350. The molecule has 1 aromatic heterocycles. The standard InChI is InChI=1S/C24H25Cl2N5O4/c1-27(2)9-14-30-20-6-4-3-5-17(20)21(22(24(30)33)31(34)35)28-10-12-29(13-11-28)23(32)16-7-8-18(25)19(26)15-16/h3-8,15H,9-14H2,1-2H3. The number of piperazine rings is 1. The molecule has 0 spiro atoms. The van der Waals surface area contributed by atoms with Crippen molar-refractivity contribution in [2.45, 2.75) is 6.54 Å². The Hall–Kier alpha value is -3.14. The number of rotatable bonds is 6. The Morgan fingerprint density at radius 3 is 2.37 bits per heavy atom. The van der Waals surface area contributed by atoms with Gasteiger partial charge in [0.25, 0.3) is 5.91 Å². The molecule has 3 aromatic rings. The largest absolute Gasteiger partial charge is 0.362 e. The second kappa shape index (κ2) is 10.2. The summed E-state index contributed by atoms with van der Waals surface area (Å²) in [6.45, 7) is 2.27. The molecule has 4 rings (SSSR count). The molecule has 1 fully saturated rings. The Labute approximate surface area is 212 Å². The van der Waals surface area contributed by atoms with Crippen molar-refractivity contribution in [3.8, 4) is 0 Å². The van der Waals surface area contributed by atoms with Gasteiger partial charge < -0.3 is 19.3 Å². The zero-order valence-electron chi connectivity index (χ0n) is 19.4. The van der Waals surface area contributed by atoms with Crippen LogP contribution in [0.5, 0.6) is 0 Å². The summed E-state index contributed by atoms with van der Waals surface area (Å²) in [5.74, 6) is -0.193. The van der Waals surface area contributed by atoms with Crippen LogP contribution >= 0.6 is 23.2 Å². The second-order valence-corrected chi connectivity index (χ2v) is 9.45. The lowest BCUT2D eigenvalue weighted by atomic mass is 10.1. The molecule has 11 heteroatoms. The topological polar surface area (TPSA) is 91.9 Å². The van der Waals surface area contributed by atoms with Crippen molar-refractivity contribution in [2.24, 2.45) is 0 Å². The molecule has 0 saturated carbocycles. The van der Waals surface area contributed by atoms with Gasteiger partial charge in [0, 0.05) is 50.2 Å². The number of nitrogens with zero attached hydrogens (tertiary/aromatic N) is 5. The van der Waals surface area contributed by atoms with Crippen LogP contribution in [0.3, 0.4) is 0 Å². The molecule has 0 aliphatic carbocycles. The maximum atomic E-state index is 13.3. The number of carbonyl (C=O) groups is 1. The molecule has 2 aromatic carbocycles. The van der Waals surface area contributed by atoms with E-state index in [1.54, 1.807) is 29.2 Å². The zero-order valence-corrected chi connectivity index (χ0v) is 20.9. The number of carbonyl (C=O) groups excluding carboxylic acids is 1. The fraction of sp³-hybridized carbons (Fsp3) is 0.333. The third-order valence-electron chi connectivity index (χ3n) is 6.13. The molecule has 1 amide bonds. The van der Waals surface area contributed by atoms with Crippen LogP contribution in [0.2, 0.25) is 10.0 Å². The highest BCUT2D eigenvalue weighted by atomic mass is 35.5. The fourth-order valence-electron chi connectivity index (χ4n) is 4.33. The van der Waals surface area contributed by atoms with Crippen molar-refractivity contribution in [2.75, 3.05) is 51.7 Å². The lowest BCUT2D eigenvalue weighted by Gasteiger charge is -2.36. The molecule has 1 aliphatic rings. The van der Waals surface area contributed by atoms with Crippen molar-refractivity contribution in [1.29, 1.82) is 0 Å². The molecule has 1 aliphatic heterocycles. The van der Waals surface area contributed by atoms with Crippen LogP contribution in [0.4, 0.5) is 11.4 Å². The number of nitro groups is 1. The van der Waals surface area contributed by atoms with Gasteiger partial charge in [-0.3, -0.25) is 19.7 Å². The van der Waals surface area contributed by atoms with Crippen molar-refractivity contribution < 1.29 is 9.72 Å². The van der Waals surface area contributed by atoms with Gasteiger partial charge in [-0.05, 0) is 38.4 Å². The zero-order chi connectivity index (χ0) is 25.3. The van der Waals surface area contributed by atoms with Gasteiger partial charge in [0.15, 0.2) is 0 Å². The van der Waals surface area contributed by atoms with E-state index in [0.29, 0.717) is 71.5 Å². The van der Waals surface area contributed by atoms with E-state index < -0.39 is 16.2 Å². The molecule has 1 saturated heterocycles. The minimum Gasteiger partial charge on any atom is -0.362 e. The Balaban J connectivity index is 1.68. The monoisotopic (exact) mass is 517 g/mol. The summed E-state index contributed by atoms with van der Waals surface area (Å²) in [6.07, 6.45) is 0. The highest BCUT2D eigenvalue weighted by Gasteiger charge is 2.32. The van der Waals surface area contributed by atoms with Crippen molar-refractivity contribution in [3.05, 3.63) is 78.5 Å². The summed E-state index contributed by atoms with van der Waals surface area (Å²) in [4.78, 5) is 43.2. The average Bonchev–Trinajstić information content (AvgIpc) is 2.84. The first-order valence-corrected chi connectivity index (χ1v) is 11.9. The van der Waals surface area contributed by atoms with Crippen LogP contribution in [-0.4, -0.2) is 72.0 Å². The van der Waals surface area contributed by atoms with E-state index in [2.05, 4.69) is 0 Å². The molecule has 0 N–H and O–H groups in total. The van der Waals surface area contributed by atoms with Crippen LogP contribution < -0.4 is 10.5 Å². The Morgan fingerprint density at radius 2 is 1.74 bits per heavy atom. The van der Waals surface area contributed by atoms with E-state index >= 15 is 0 Å². The smallest absolute Gasteiger partial charge is 0.357 e. The van der Waals surface area contributed by atoms with E-state index in [0.717, 1.165) is 0 Å². The van der Waals surface area contributed by atoms with Crippen molar-refractivity contribution in [1.82, 2.24) is 14.4 Å². The van der Waals surface area contributed by atoms with Crippen LogP contribution in [0.25, 0.3) is 10.9 Å². The number of halogens is 2. The lowest BCUT2D eigenvalue weighted by molar-refractivity contribution is -0.385. The molecule has 9 nitrogen and oxygen atoms in total. The normalized spacial score (nSPS) is 14.1. The number of aromatic nitrogens is 1. The summed E-state index contributed by atoms with van der Waals surface area (Å²) in [5.41, 5.74) is 0.312. The first kappa shape index (κ1) is 25.0. The fourth-order valence-corrected chi connectivity index (χ4v) is 4.62. The van der Waals surface area contributed by atoms with Gasteiger partial charge in [0.05, 0.1) is 20.5 Å². The van der Waals surface area contributed by atoms with Crippen molar-refractivity contribution >= 4 is 51.4 Å². The number of amides is 1. The number of hydrogen-bond donors (Lipinski definition) is 0. The average molecular weight is 518 g/mol. The summed E-state index contributed by atoms with van der Waals surface area (Å²) < 4.78 is 1.47. The van der Waals surface area contributed by atoms with Gasteiger partial charge in [-0.15, -0.1) is 0 Å². The highest BCUT2D eigenvalue weighted by Crippen LogP contribution is 2.34. The SMILES string of the molecule is CN(C)CCn1c(=O)c([N+](=O)[O-])c(N2CCN(C(=O)c3ccc(Cl)c(Cl)c3)CC2)c2ccccc21. The molecule has 0 radical (unpaired) electrons. The summed E-state index contributed by atoms with van der Waals surface area (Å²) in [5, 5.41) is 13.4. The number of hydrogen-bond acceptors (Lipinski definition) is 6. The van der Waals surface area contributed by atoms with Crippen LogP contribution in [-0.2, 0) is 6.54 Å². The number of pyridine rings is 1. The first-order valence-electron chi connectivity index (χ1n) is 11.1. The minimum absolute atomic E-state index is 0.193. The van der Waals surface area contributed by atoms with Gasteiger partial charge in [-0.1, -0.05) is 41.4 Å². The molecule has 0 unspecified atom stereocenters. The summed E-state index contributed by atoms with van der Waals surface area (Å²) in [7, 11) is 3.77. The predicted octanol–water partition coefficient (Wildman–Crippen LogP) is 3.74. The van der Waals surface area contributed by atoms with Gasteiger partial charge in [0.2, 0.25) is 0 Å². The molecule has 0 bridgehead atoms. The molecule has 184 valence electrons. The lowest BCUT2D eigenvalue weighted by Crippen LogP contribution is -2.49. The van der Waals surface area contributed by atoms with Gasteiger partial charge in [-0.25, -0.2) is 0 Å². The quantitative estimate of drug-likeness (QED) is 0.365. The second-order valence-electron chi connectivity index (χ2n) is 8.64. The van der Waals surface area contributed by atoms with E-state index in [9.17, 15) is 19.7 Å². The predicted molar refractivity (Wildman–Crippen MR) is 138 cm³/mol.